The molecule has 6 rings (SSSR count). The number of hydrogen-bond donors (Lipinski definition) is 1. The topological polar surface area (TPSA) is 50.8 Å². The smallest absolute Gasteiger partial charge is 0.224 e. The third kappa shape index (κ3) is 3.49. The highest BCUT2D eigenvalue weighted by Crippen LogP contribution is 2.61. The standard InChI is InChI=1S/C23H32N2O3/c1-27-19-2-3-21(25-4-6-28-7-5-25)20(11-19)24-22(26)15-23-12-16-8-17(13-23)10-18(9-16)14-23/h2-3,11,16-18H,4-10,12-15H2,1H3,(H,24,26). The third-order valence-electron chi connectivity index (χ3n) is 7.53. The molecule has 0 radical (unpaired) electrons. The summed E-state index contributed by atoms with van der Waals surface area (Å²) in [5, 5.41) is 3.26. The Bertz CT molecular complexity index is 706. The van der Waals surface area contributed by atoms with Gasteiger partial charge < -0.3 is 19.7 Å². The number of nitrogens with zero attached hydrogens (tertiary/aromatic N) is 1. The molecule has 5 heteroatoms. The molecule has 0 aromatic heterocycles. The van der Waals surface area contributed by atoms with Crippen LogP contribution in [0.2, 0.25) is 0 Å². The second-order valence-corrected chi connectivity index (χ2v) is 9.63. The number of morpholine rings is 1. The molecule has 0 atom stereocenters. The van der Waals surface area contributed by atoms with Crippen molar-refractivity contribution in [3.05, 3.63) is 18.2 Å². The lowest BCUT2D eigenvalue weighted by atomic mass is 9.49. The highest BCUT2D eigenvalue weighted by Gasteiger charge is 2.51. The Morgan fingerprint density at radius 2 is 1.79 bits per heavy atom. The molecular weight excluding hydrogens is 352 g/mol. The lowest BCUT2D eigenvalue weighted by Gasteiger charge is -2.56. The Morgan fingerprint density at radius 3 is 2.39 bits per heavy atom. The van der Waals surface area contributed by atoms with Gasteiger partial charge in [0.1, 0.15) is 5.75 Å². The van der Waals surface area contributed by atoms with Crippen LogP contribution in [0.5, 0.6) is 5.75 Å². The van der Waals surface area contributed by atoms with Crippen LogP contribution >= 0.6 is 0 Å². The SMILES string of the molecule is COc1ccc(N2CCOCC2)c(NC(=O)CC23CC4CC(CC(C4)C2)C3)c1. The van der Waals surface area contributed by atoms with Crippen LogP contribution in [0.3, 0.4) is 0 Å². The minimum atomic E-state index is 0.171. The molecule has 1 aromatic carbocycles. The molecule has 1 aliphatic heterocycles. The van der Waals surface area contributed by atoms with E-state index >= 15 is 0 Å². The van der Waals surface area contributed by atoms with Gasteiger partial charge in [-0.25, -0.2) is 0 Å². The van der Waals surface area contributed by atoms with E-state index in [1.165, 1.54) is 38.5 Å². The Morgan fingerprint density at radius 1 is 1.14 bits per heavy atom. The van der Waals surface area contributed by atoms with Gasteiger partial charge in [-0.2, -0.15) is 0 Å². The van der Waals surface area contributed by atoms with Crippen LogP contribution in [0.4, 0.5) is 11.4 Å². The summed E-state index contributed by atoms with van der Waals surface area (Å²) in [7, 11) is 1.67. The highest BCUT2D eigenvalue weighted by atomic mass is 16.5. The maximum absolute atomic E-state index is 13.1. The number of carbonyl (C=O) groups excluding carboxylic acids is 1. The molecule has 1 heterocycles. The fraction of sp³-hybridized carbons (Fsp3) is 0.696. The Hall–Kier alpha value is -1.75. The minimum Gasteiger partial charge on any atom is -0.497 e. The van der Waals surface area contributed by atoms with E-state index in [4.69, 9.17) is 9.47 Å². The molecule has 1 aromatic rings. The largest absolute Gasteiger partial charge is 0.497 e. The molecule has 28 heavy (non-hydrogen) atoms. The van der Waals surface area contributed by atoms with Gasteiger partial charge in [0, 0.05) is 25.6 Å². The Labute approximate surface area is 167 Å². The van der Waals surface area contributed by atoms with Crippen LogP contribution in [0.25, 0.3) is 0 Å². The minimum absolute atomic E-state index is 0.171. The molecule has 1 N–H and O–H groups in total. The first-order chi connectivity index (χ1) is 13.6. The number of rotatable bonds is 5. The van der Waals surface area contributed by atoms with Gasteiger partial charge >= 0.3 is 0 Å². The summed E-state index contributed by atoms with van der Waals surface area (Å²) >= 11 is 0. The predicted octanol–water partition coefficient (Wildman–Crippen LogP) is 4.08. The van der Waals surface area contributed by atoms with Crippen LogP contribution in [-0.4, -0.2) is 39.3 Å². The lowest BCUT2D eigenvalue weighted by molar-refractivity contribution is -0.124. The molecule has 152 valence electrons. The molecular formula is C23H32N2O3. The fourth-order valence-corrected chi connectivity index (χ4v) is 6.86. The van der Waals surface area contributed by atoms with Crippen LogP contribution in [0.15, 0.2) is 18.2 Å². The summed E-state index contributed by atoms with van der Waals surface area (Å²) in [6.07, 6.45) is 8.71. The van der Waals surface area contributed by atoms with Crippen molar-refractivity contribution in [1.29, 1.82) is 0 Å². The molecule has 1 saturated heterocycles. The summed E-state index contributed by atoms with van der Waals surface area (Å²) < 4.78 is 10.9. The second-order valence-electron chi connectivity index (χ2n) is 9.63. The maximum Gasteiger partial charge on any atom is 0.224 e. The number of nitrogens with one attached hydrogen (secondary N) is 1. The van der Waals surface area contributed by atoms with Gasteiger partial charge in [0.2, 0.25) is 5.91 Å². The molecule has 1 amide bonds. The Kier molecular flexibility index (Phi) is 4.74. The summed E-state index contributed by atoms with van der Waals surface area (Å²) in [5.74, 6) is 3.58. The third-order valence-corrected chi connectivity index (χ3v) is 7.53. The number of amides is 1. The zero-order valence-corrected chi connectivity index (χ0v) is 16.9. The Balaban J connectivity index is 1.33. The van der Waals surface area contributed by atoms with E-state index in [1.807, 2.05) is 12.1 Å². The van der Waals surface area contributed by atoms with Crippen molar-refractivity contribution in [2.24, 2.45) is 23.2 Å². The van der Waals surface area contributed by atoms with Crippen molar-refractivity contribution in [1.82, 2.24) is 0 Å². The lowest BCUT2D eigenvalue weighted by Crippen LogP contribution is -2.47. The number of ether oxygens (including phenoxy) is 2. The van der Waals surface area contributed by atoms with Crippen molar-refractivity contribution in [3.63, 3.8) is 0 Å². The van der Waals surface area contributed by atoms with Gasteiger partial charge in [-0.3, -0.25) is 4.79 Å². The van der Waals surface area contributed by atoms with E-state index in [9.17, 15) is 4.79 Å². The summed E-state index contributed by atoms with van der Waals surface area (Å²) in [6, 6.07) is 5.99. The maximum atomic E-state index is 13.1. The predicted molar refractivity (Wildman–Crippen MR) is 110 cm³/mol. The fourth-order valence-electron chi connectivity index (χ4n) is 6.86. The van der Waals surface area contributed by atoms with Crippen molar-refractivity contribution in [3.8, 4) is 5.75 Å². The first-order valence-corrected chi connectivity index (χ1v) is 10.9. The number of anilines is 2. The van der Waals surface area contributed by atoms with E-state index in [1.54, 1.807) is 7.11 Å². The normalized spacial score (nSPS) is 33.8. The average Bonchev–Trinajstić information content (AvgIpc) is 2.67. The van der Waals surface area contributed by atoms with Gasteiger partial charge in [0.05, 0.1) is 31.7 Å². The number of methoxy groups -OCH3 is 1. The monoisotopic (exact) mass is 384 g/mol. The van der Waals surface area contributed by atoms with Crippen LogP contribution in [-0.2, 0) is 9.53 Å². The van der Waals surface area contributed by atoms with Gasteiger partial charge in [-0.1, -0.05) is 0 Å². The van der Waals surface area contributed by atoms with Crippen molar-refractivity contribution < 1.29 is 14.3 Å². The summed E-state index contributed by atoms with van der Waals surface area (Å²) in [5.41, 5.74) is 2.20. The number of hydrogen-bond acceptors (Lipinski definition) is 4. The number of benzene rings is 1. The molecule has 5 nitrogen and oxygen atoms in total. The zero-order chi connectivity index (χ0) is 19.1. The molecule has 0 unspecified atom stereocenters. The molecule has 5 aliphatic rings. The van der Waals surface area contributed by atoms with Crippen LogP contribution in [0.1, 0.15) is 44.9 Å². The van der Waals surface area contributed by atoms with E-state index in [0.29, 0.717) is 6.42 Å². The van der Waals surface area contributed by atoms with E-state index in [0.717, 1.165) is 61.2 Å². The summed E-state index contributed by atoms with van der Waals surface area (Å²) in [4.78, 5) is 15.4. The zero-order valence-electron chi connectivity index (χ0n) is 16.9. The molecule has 4 bridgehead atoms. The van der Waals surface area contributed by atoms with E-state index in [2.05, 4.69) is 16.3 Å². The first-order valence-electron chi connectivity index (χ1n) is 10.9. The van der Waals surface area contributed by atoms with E-state index < -0.39 is 0 Å². The number of carbonyl (C=O) groups is 1. The van der Waals surface area contributed by atoms with Gasteiger partial charge in [-0.05, 0) is 73.8 Å². The second kappa shape index (κ2) is 7.25. The molecule has 4 saturated carbocycles. The summed E-state index contributed by atoms with van der Waals surface area (Å²) in [6.45, 7) is 3.16. The van der Waals surface area contributed by atoms with Crippen molar-refractivity contribution >= 4 is 17.3 Å². The molecule has 4 aliphatic carbocycles. The van der Waals surface area contributed by atoms with Crippen molar-refractivity contribution in [2.45, 2.75) is 44.9 Å². The van der Waals surface area contributed by atoms with Gasteiger partial charge in [-0.15, -0.1) is 0 Å². The van der Waals surface area contributed by atoms with Crippen LogP contribution in [0, 0.1) is 23.2 Å². The first kappa shape index (κ1) is 18.3. The van der Waals surface area contributed by atoms with Crippen molar-refractivity contribution in [2.75, 3.05) is 43.6 Å². The van der Waals surface area contributed by atoms with Crippen LogP contribution < -0.4 is 15.0 Å². The molecule has 0 spiro atoms. The highest BCUT2D eigenvalue weighted by molar-refractivity contribution is 5.95. The molecule has 5 fully saturated rings. The van der Waals surface area contributed by atoms with Gasteiger partial charge in [0.15, 0.2) is 0 Å². The van der Waals surface area contributed by atoms with Gasteiger partial charge in [0.25, 0.3) is 0 Å². The average molecular weight is 385 g/mol. The van der Waals surface area contributed by atoms with E-state index in [-0.39, 0.29) is 11.3 Å². The quantitative estimate of drug-likeness (QED) is 0.831.